The van der Waals surface area contributed by atoms with Gasteiger partial charge in [-0.2, -0.15) is 0 Å². The Bertz CT molecular complexity index is 222. The number of nitrogens with zero attached hydrogens (tertiary/aromatic N) is 1. The topological polar surface area (TPSA) is 49.8 Å². The van der Waals surface area contributed by atoms with Crippen molar-refractivity contribution in [2.75, 3.05) is 26.7 Å². The largest absolute Gasteiger partial charge is 0.467 e. The van der Waals surface area contributed by atoms with E-state index in [9.17, 15) is 9.90 Å². The van der Waals surface area contributed by atoms with Crippen LogP contribution in [-0.4, -0.2) is 48.8 Å². The van der Waals surface area contributed by atoms with Crippen LogP contribution in [0.1, 0.15) is 12.8 Å². The van der Waals surface area contributed by atoms with Crippen LogP contribution in [0, 0.1) is 5.92 Å². The summed E-state index contributed by atoms with van der Waals surface area (Å²) in [4.78, 5) is 13.4. The molecule has 0 radical (unpaired) electrons. The minimum Gasteiger partial charge on any atom is -0.467 e. The van der Waals surface area contributed by atoms with E-state index < -0.39 is 12.1 Å². The molecule has 1 N–H and O–H groups in total. The zero-order valence-corrected chi connectivity index (χ0v) is 9.19. The minimum absolute atomic E-state index is 0.0403. The highest BCUT2D eigenvalue weighted by molar-refractivity contribution is 5.74. The first-order valence-electron chi connectivity index (χ1n) is 5.28. The first kappa shape index (κ1) is 12.2. The Labute approximate surface area is 90.5 Å². The lowest BCUT2D eigenvalue weighted by molar-refractivity contribution is -0.154. The molecule has 0 saturated carbocycles. The molecule has 1 unspecified atom stereocenters. The zero-order chi connectivity index (χ0) is 11.3. The third-order valence-corrected chi connectivity index (χ3v) is 2.91. The number of likely N-dealkylation sites (tertiary alicyclic amines) is 1. The zero-order valence-electron chi connectivity index (χ0n) is 9.19. The normalized spacial score (nSPS) is 20.9. The van der Waals surface area contributed by atoms with Crippen molar-refractivity contribution < 1.29 is 14.6 Å². The van der Waals surface area contributed by atoms with E-state index in [2.05, 4.69) is 16.2 Å². The van der Waals surface area contributed by atoms with E-state index >= 15 is 0 Å². The summed E-state index contributed by atoms with van der Waals surface area (Å²) >= 11 is 0. The second-order valence-electron chi connectivity index (χ2n) is 3.89. The molecule has 0 aliphatic carbocycles. The van der Waals surface area contributed by atoms with Gasteiger partial charge in [0.1, 0.15) is 0 Å². The van der Waals surface area contributed by atoms with E-state index in [4.69, 9.17) is 0 Å². The van der Waals surface area contributed by atoms with Crippen LogP contribution < -0.4 is 0 Å². The molecule has 0 aromatic rings. The van der Waals surface area contributed by atoms with E-state index in [-0.39, 0.29) is 5.92 Å². The lowest BCUT2D eigenvalue weighted by Crippen LogP contribution is -2.40. The number of aliphatic hydroxyl groups excluding tert-OH is 1. The van der Waals surface area contributed by atoms with Gasteiger partial charge in [-0.1, -0.05) is 6.08 Å². The Morgan fingerprint density at radius 1 is 1.67 bits per heavy atom. The number of hydrogen-bond donors (Lipinski definition) is 1. The molecular weight excluding hydrogens is 194 g/mol. The number of carbonyl (C=O) groups is 1. The van der Waals surface area contributed by atoms with Crippen LogP contribution in [-0.2, 0) is 9.53 Å². The number of ether oxygens (including phenoxy) is 1. The first-order valence-corrected chi connectivity index (χ1v) is 5.28. The summed E-state index contributed by atoms with van der Waals surface area (Å²) in [6.45, 7) is 6.38. The van der Waals surface area contributed by atoms with Gasteiger partial charge in [-0.25, -0.2) is 4.79 Å². The summed E-state index contributed by atoms with van der Waals surface area (Å²) in [5, 5.41) is 9.65. The molecule has 1 aliphatic heterocycles. The van der Waals surface area contributed by atoms with Crippen molar-refractivity contribution in [2.45, 2.75) is 18.9 Å². The average Bonchev–Trinajstić information content (AvgIpc) is 2.28. The molecule has 1 saturated heterocycles. The Balaban J connectivity index is 2.36. The predicted octanol–water partition coefficient (Wildman–Crippen LogP) is 0.418. The third-order valence-electron chi connectivity index (χ3n) is 2.91. The van der Waals surface area contributed by atoms with Gasteiger partial charge >= 0.3 is 5.97 Å². The van der Waals surface area contributed by atoms with Crippen LogP contribution in [0.2, 0.25) is 0 Å². The summed E-state index contributed by atoms with van der Waals surface area (Å²) in [7, 11) is 1.30. The molecule has 1 rings (SSSR count). The van der Waals surface area contributed by atoms with Crippen molar-refractivity contribution in [1.82, 2.24) is 4.90 Å². The van der Waals surface area contributed by atoms with Crippen LogP contribution in [0.5, 0.6) is 0 Å². The molecule has 4 heteroatoms. The molecule has 0 amide bonds. The average molecular weight is 213 g/mol. The fourth-order valence-corrected chi connectivity index (χ4v) is 1.95. The van der Waals surface area contributed by atoms with Crippen molar-refractivity contribution in [3.8, 4) is 0 Å². The maximum absolute atomic E-state index is 11.1. The van der Waals surface area contributed by atoms with Crippen molar-refractivity contribution in [3.63, 3.8) is 0 Å². The monoisotopic (exact) mass is 213 g/mol. The lowest BCUT2D eigenvalue weighted by Gasteiger charge is -2.32. The fourth-order valence-electron chi connectivity index (χ4n) is 1.95. The van der Waals surface area contributed by atoms with Crippen LogP contribution in [0.25, 0.3) is 0 Å². The van der Waals surface area contributed by atoms with E-state index in [1.807, 2.05) is 6.08 Å². The number of piperidine rings is 1. The lowest BCUT2D eigenvalue weighted by atomic mass is 9.91. The molecule has 0 aromatic carbocycles. The van der Waals surface area contributed by atoms with Crippen molar-refractivity contribution in [2.24, 2.45) is 5.92 Å². The number of rotatable bonds is 4. The van der Waals surface area contributed by atoms with Crippen molar-refractivity contribution >= 4 is 5.97 Å². The number of carbonyl (C=O) groups excluding carboxylic acids is 1. The van der Waals surface area contributed by atoms with Gasteiger partial charge in [0.2, 0.25) is 0 Å². The van der Waals surface area contributed by atoms with Gasteiger partial charge in [0.15, 0.2) is 6.10 Å². The van der Waals surface area contributed by atoms with Gasteiger partial charge in [0.25, 0.3) is 0 Å². The number of hydrogen-bond acceptors (Lipinski definition) is 4. The maximum Gasteiger partial charge on any atom is 0.334 e. The molecule has 0 aromatic heterocycles. The third kappa shape index (κ3) is 3.32. The maximum atomic E-state index is 11.1. The van der Waals surface area contributed by atoms with E-state index in [1.165, 1.54) is 7.11 Å². The molecule has 0 spiro atoms. The molecule has 1 atom stereocenters. The van der Waals surface area contributed by atoms with Gasteiger partial charge in [-0.3, -0.25) is 4.90 Å². The van der Waals surface area contributed by atoms with Gasteiger partial charge in [-0.05, 0) is 31.8 Å². The van der Waals surface area contributed by atoms with Crippen LogP contribution in [0.4, 0.5) is 0 Å². The second kappa shape index (κ2) is 5.88. The van der Waals surface area contributed by atoms with Crippen LogP contribution >= 0.6 is 0 Å². The van der Waals surface area contributed by atoms with E-state index in [1.54, 1.807) is 0 Å². The Morgan fingerprint density at radius 3 is 2.73 bits per heavy atom. The molecule has 0 bridgehead atoms. The van der Waals surface area contributed by atoms with Crippen molar-refractivity contribution in [3.05, 3.63) is 12.7 Å². The first-order chi connectivity index (χ1) is 7.19. The SMILES string of the molecule is C=CCN1CCC(C(O)C(=O)OC)CC1. The van der Waals surface area contributed by atoms with Crippen LogP contribution in [0.3, 0.4) is 0 Å². The molecular formula is C11H19NO3. The summed E-state index contributed by atoms with van der Waals surface area (Å²) in [6.07, 6.45) is 2.59. The van der Waals surface area contributed by atoms with Crippen LogP contribution in [0.15, 0.2) is 12.7 Å². The number of methoxy groups -OCH3 is 1. The molecule has 1 heterocycles. The fraction of sp³-hybridized carbons (Fsp3) is 0.727. The van der Waals surface area contributed by atoms with Crippen molar-refractivity contribution in [1.29, 1.82) is 0 Å². The standard InChI is InChI=1S/C11H19NO3/c1-3-6-12-7-4-9(5-8-12)10(13)11(14)15-2/h3,9-10,13H,1,4-8H2,2H3. The summed E-state index contributed by atoms with van der Waals surface area (Å²) < 4.78 is 4.52. The summed E-state index contributed by atoms with van der Waals surface area (Å²) in [5.74, 6) is -0.476. The highest BCUT2D eigenvalue weighted by Crippen LogP contribution is 2.21. The number of esters is 1. The Hall–Kier alpha value is -0.870. The van der Waals surface area contributed by atoms with Gasteiger partial charge in [-0.15, -0.1) is 6.58 Å². The quantitative estimate of drug-likeness (QED) is 0.543. The highest BCUT2D eigenvalue weighted by Gasteiger charge is 2.29. The smallest absolute Gasteiger partial charge is 0.334 e. The molecule has 1 fully saturated rings. The number of aliphatic hydroxyl groups is 1. The van der Waals surface area contributed by atoms with Gasteiger partial charge in [0, 0.05) is 6.54 Å². The minimum atomic E-state index is -0.958. The summed E-state index contributed by atoms with van der Waals surface area (Å²) in [5.41, 5.74) is 0. The van der Waals surface area contributed by atoms with Gasteiger partial charge in [0.05, 0.1) is 7.11 Å². The van der Waals surface area contributed by atoms with Gasteiger partial charge < -0.3 is 9.84 Å². The molecule has 15 heavy (non-hydrogen) atoms. The van der Waals surface area contributed by atoms with E-state index in [0.29, 0.717) is 0 Å². The predicted molar refractivity (Wildman–Crippen MR) is 57.4 cm³/mol. The highest BCUT2D eigenvalue weighted by atomic mass is 16.5. The molecule has 1 aliphatic rings. The second-order valence-corrected chi connectivity index (χ2v) is 3.89. The Morgan fingerprint density at radius 2 is 2.27 bits per heavy atom. The summed E-state index contributed by atoms with van der Waals surface area (Å²) in [6, 6.07) is 0. The molecule has 4 nitrogen and oxygen atoms in total. The molecule has 86 valence electrons. The Kier molecular flexibility index (Phi) is 4.78. The van der Waals surface area contributed by atoms with E-state index in [0.717, 1.165) is 32.5 Å².